The largest absolute Gasteiger partial charge is 0.484 e. The van der Waals surface area contributed by atoms with E-state index in [9.17, 15) is 9.59 Å². The first-order valence-corrected chi connectivity index (χ1v) is 12.5. The number of fused-ring (bicyclic) bond motifs is 1. The van der Waals surface area contributed by atoms with Gasteiger partial charge in [-0.1, -0.05) is 47.6 Å². The number of anilines is 2. The number of carbonyl (C=O) groups is 2. The molecule has 1 aliphatic carbocycles. The highest BCUT2D eigenvalue weighted by molar-refractivity contribution is 7.99. The van der Waals surface area contributed by atoms with Crippen LogP contribution < -0.4 is 15.0 Å². The number of rotatable bonds is 7. The summed E-state index contributed by atoms with van der Waals surface area (Å²) in [5.41, 5.74) is 1.36. The lowest BCUT2D eigenvalue weighted by Gasteiger charge is -2.27. The fourth-order valence-electron chi connectivity index (χ4n) is 4.07. The molecule has 8 nitrogen and oxygen atoms in total. The molecular formula is C24H24ClN5O3S. The summed E-state index contributed by atoms with van der Waals surface area (Å²) >= 11 is 7.56. The Balaban J connectivity index is 1.31. The summed E-state index contributed by atoms with van der Waals surface area (Å²) in [6.45, 7) is 2.13. The summed E-state index contributed by atoms with van der Waals surface area (Å²) in [6.07, 6.45) is 2.33. The molecule has 2 aromatic carbocycles. The second-order valence-corrected chi connectivity index (χ2v) is 9.74. The molecule has 0 unspecified atom stereocenters. The number of aromatic nitrogens is 3. The maximum absolute atomic E-state index is 13.3. The maximum atomic E-state index is 13.3. The Morgan fingerprint density at radius 2 is 1.94 bits per heavy atom. The highest BCUT2D eigenvalue weighted by atomic mass is 35.5. The zero-order chi connectivity index (χ0) is 23.7. The number of nitrogens with one attached hydrogen (secondary N) is 1. The highest BCUT2D eigenvalue weighted by Crippen LogP contribution is 2.39. The summed E-state index contributed by atoms with van der Waals surface area (Å²) < 4.78 is 7.94. The number of nitrogens with zero attached hydrogens (tertiary/aromatic N) is 4. The van der Waals surface area contributed by atoms with Gasteiger partial charge in [0.1, 0.15) is 12.4 Å². The van der Waals surface area contributed by atoms with E-state index >= 15 is 0 Å². The van der Waals surface area contributed by atoms with Crippen molar-refractivity contribution in [3.63, 3.8) is 0 Å². The Kier molecular flexibility index (Phi) is 6.47. The molecule has 0 bridgehead atoms. The summed E-state index contributed by atoms with van der Waals surface area (Å²) in [5, 5.41) is 12.8. The first-order valence-electron chi connectivity index (χ1n) is 11.2. The standard InChI is InChI=1S/C24H24ClN5O3S/c1-15-12-22(31)26-18-7-3-4-8-19(18)29(15)23(32)14-34-24-28-27-21(30(24)16-10-11-16)13-33-20-9-5-2-6-17(20)25/h2-9,15-16H,10-14H2,1H3,(H,26,31)/t15-/m0/s1. The monoisotopic (exact) mass is 497 g/mol. The molecule has 1 N–H and O–H groups in total. The molecule has 3 aromatic rings. The molecule has 34 heavy (non-hydrogen) atoms. The van der Waals surface area contributed by atoms with Gasteiger partial charge in [-0.05, 0) is 44.0 Å². The Labute approximate surface area is 206 Å². The molecule has 176 valence electrons. The number of hydrogen-bond acceptors (Lipinski definition) is 6. The van der Waals surface area contributed by atoms with Crippen molar-refractivity contribution in [1.29, 1.82) is 0 Å². The van der Waals surface area contributed by atoms with Crippen molar-refractivity contribution in [3.05, 3.63) is 59.4 Å². The molecule has 1 aromatic heterocycles. The molecule has 1 aliphatic heterocycles. The first kappa shape index (κ1) is 22.7. The SMILES string of the molecule is C[C@H]1CC(=O)Nc2ccccc2N1C(=O)CSc1nnc(COc2ccccc2Cl)n1C1CC1. The van der Waals surface area contributed by atoms with E-state index < -0.39 is 0 Å². The van der Waals surface area contributed by atoms with Crippen LogP contribution >= 0.6 is 23.4 Å². The summed E-state index contributed by atoms with van der Waals surface area (Å²) in [6, 6.07) is 14.8. The van der Waals surface area contributed by atoms with E-state index in [1.807, 2.05) is 49.4 Å². The second-order valence-electron chi connectivity index (χ2n) is 8.39. The van der Waals surface area contributed by atoms with Crippen LogP contribution in [0.4, 0.5) is 11.4 Å². The van der Waals surface area contributed by atoms with Crippen molar-refractivity contribution < 1.29 is 14.3 Å². The van der Waals surface area contributed by atoms with E-state index in [-0.39, 0.29) is 36.6 Å². The normalized spacial score (nSPS) is 17.6. The Morgan fingerprint density at radius 1 is 1.18 bits per heavy atom. The highest BCUT2D eigenvalue weighted by Gasteiger charge is 2.32. The van der Waals surface area contributed by atoms with Crippen LogP contribution in [-0.2, 0) is 16.2 Å². The fourth-order valence-corrected chi connectivity index (χ4v) is 5.15. The average molecular weight is 498 g/mol. The van der Waals surface area contributed by atoms with Gasteiger partial charge in [-0.2, -0.15) is 0 Å². The van der Waals surface area contributed by atoms with Crippen molar-refractivity contribution in [2.75, 3.05) is 16.0 Å². The van der Waals surface area contributed by atoms with E-state index in [1.165, 1.54) is 11.8 Å². The van der Waals surface area contributed by atoms with Crippen molar-refractivity contribution in [2.45, 2.75) is 50.0 Å². The van der Waals surface area contributed by atoms with Gasteiger partial charge in [0.25, 0.3) is 0 Å². The molecule has 0 spiro atoms. The first-order chi connectivity index (χ1) is 16.5. The Bertz CT molecular complexity index is 1230. The molecule has 2 amide bonds. The van der Waals surface area contributed by atoms with Crippen LogP contribution in [0.3, 0.4) is 0 Å². The Hall–Kier alpha value is -3.04. The number of carbonyl (C=O) groups excluding carboxylic acids is 2. The minimum absolute atomic E-state index is 0.0827. The van der Waals surface area contributed by atoms with Crippen molar-refractivity contribution in [3.8, 4) is 5.75 Å². The number of benzene rings is 2. The Morgan fingerprint density at radius 3 is 2.74 bits per heavy atom. The van der Waals surface area contributed by atoms with Crippen molar-refractivity contribution >= 4 is 46.6 Å². The quantitative estimate of drug-likeness (QED) is 0.476. The van der Waals surface area contributed by atoms with Gasteiger partial charge in [0, 0.05) is 18.5 Å². The van der Waals surface area contributed by atoms with Gasteiger partial charge in [0.15, 0.2) is 11.0 Å². The minimum Gasteiger partial charge on any atom is -0.484 e. The van der Waals surface area contributed by atoms with Crippen molar-refractivity contribution in [2.24, 2.45) is 0 Å². The molecule has 1 atom stereocenters. The third-order valence-electron chi connectivity index (χ3n) is 5.79. The van der Waals surface area contributed by atoms with Crippen LogP contribution in [0.2, 0.25) is 5.02 Å². The summed E-state index contributed by atoms with van der Waals surface area (Å²) in [4.78, 5) is 27.3. The van der Waals surface area contributed by atoms with E-state index in [0.29, 0.717) is 39.2 Å². The molecular weight excluding hydrogens is 474 g/mol. The molecule has 2 aliphatic rings. The predicted octanol–water partition coefficient (Wildman–Crippen LogP) is 4.70. The zero-order valence-corrected chi connectivity index (χ0v) is 20.2. The minimum atomic E-state index is -0.252. The van der Waals surface area contributed by atoms with Crippen LogP contribution in [0.15, 0.2) is 53.7 Å². The van der Waals surface area contributed by atoms with Gasteiger partial charge in [-0.3, -0.25) is 14.2 Å². The molecule has 2 heterocycles. The predicted molar refractivity (Wildman–Crippen MR) is 131 cm³/mol. The van der Waals surface area contributed by atoms with Gasteiger partial charge in [-0.15, -0.1) is 10.2 Å². The lowest BCUT2D eigenvalue weighted by molar-refractivity contribution is -0.117. The molecule has 5 rings (SSSR count). The van der Waals surface area contributed by atoms with E-state index in [2.05, 4.69) is 20.1 Å². The number of halogens is 1. The van der Waals surface area contributed by atoms with Crippen molar-refractivity contribution in [1.82, 2.24) is 14.8 Å². The van der Waals surface area contributed by atoms with Crippen LogP contribution in [0, 0.1) is 0 Å². The van der Waals surface area contributed by atoms with Crippen LogP contribution in [0.1, 0.15) is 38.1 Å². The lowest BCUT2D eigenvalue weighted by Crippen LogP contribution is -2.40. The number of amides is 2. The molecule has 10 heteroatoms. The van der Waals surface area contributed by atoms with Gasteiger partial charge >= 0.3 is 0 Å². The summed E-state index contributed by atoms with van der Waals surface area (Å²) in [7, 11) is 0. The number of para-hydroxylation sites is 3. The van der Waals surface area contributed by atoms with Crippen LogP contribution in [0.25, 0.3) is 0 Å². The second kappa shape index (κ2) is 9.68. The molecule has 1 saturated carbocycles. The number of hydrogen-bond donors (Lipinski definition) is 1. The van der Waals surface area contributed by atoms with Gasteiger partial charge in [0.05, 0.1) is 22.2 Å². The average Bonchev–Trinajstić information content (AvgIpc) is 3.59. The fraction of sp³-hybridized carbons (Fsp3) is 0.333. The summed E-state index contributed by atoms with van der Waals surface area (Å²) in [5.74, 6) is 1.31. The third-order valence-corrected chi connectivity index (χ3v) is 7.03. The van der Waals surface area contributed by atoms with Crippen LogP contribution in [-0.4, -0.2) is 38.4 Å². The van der Waals surface area contributed by atoms with E-state index in [0.717, 1.165) is 12.8 Å². The third kappa shape index (κ3) is 4.76. The topological polar surface area (TPSA) is 89.3 Å². The molecule has 0 radical (unpaired) electrons. The smallest absolute Gasteiger partial charge is 0.237 e. The lowest BCUT2D eigenvalue weighted by atomic mass is 10.2. The molecule has 0 saturated heterocycles. The van der Waals surface area contributed by atoms with Gasteiger partial charge in [0.2, 0.25) is 11.8 Å². The van der Waals surface area contributed by atoms with E-state index in [4.69, 9.17) is 16.3 Å². The number of ether oxygens (including phenoxy) is 1. The zero-order valence-electron chi connectivity index (χ0n) is 18.6. The van der Waals surface area contributed by atoms with Crippen LogP contribution in [0.5, 0.6) is 5.75 Å². The van der Waals surface area contributed by atoms with Gasteiger partial charge < -0.3 is 15.0 Å². The number of thioether (sulfide) groups is 1. The molecule has 1 fully saturated rings. The van der Waals surface area contributed by atoms with E-state index in [1.54, 1.807) is 11.0 Å². The van der Waals surface area contributed by atoms with Gasteiger partial charge in [-0.25, -0.2) is 0 Å². The maximum Gasteiger partial charge on any atom is 0.237 e.